The molecule has 0 unspecified atom stereocenters. The summed E-state index contributed by atoms with van der Waals surface area (Å²) >= 11 is 0. The fourth-order valence-electron chi connectivity index (χ4n) is 2.79. The van der Waals surface area contributed by atoms with E-state index in [1.165, 1.54) is 7.11 Å². The lowest BCUT2D eigenvalue weighted by Crippen LogP contribution is -2.19. The van der Waals surface area contributed by atoms with Gasteiger partial charge >= 0.3 is 11.8 Å². The summed E-state index contributed by atoms with van der Waals surface area (Å²) in [5, 5.41) is 5.43. The second-order valence-corrected chi connectivity index (χ2v) is 5.85. The number of hydrogen-bond donors (Lipinski definition) is 2. The van der Waals surface area contributed by atoms with E-state index in [-0.39, 0.29) is 0 Å². The summed E-state index contributed by atoms with van der Waals surface area (Å²) < 4.78 is 17.2. The summed E-state index contributed by atoms with van der Waals surface area (Å²) in [5.74, 6) is 0.676. The Morgan fingerprint density at radius 1 is 1.04 bits per heavy atom. The van der Waals surface area contributed by atoms with Crippen LogP contribution in [0.2, 0.25) is 0 Å². The lowest BCUT2D eigenvalue weighted by Gasteiger charge is -2.11. The number of methoxy groups -OCH3 is 2. The Balaban J connectivity index is 1.75. The number of amides is 2. The molecule has 142 valence electrons. The molecule has 0 atom stereocenters. The minimum Gasteiger partial charge on any atom is -0.493 e. The molecule has 3 aromatic rings. The van der Waals surface area contributed by atoms with E-state index in [4.69, 9.17) is 13.9 Å². The Morgan fingerprint density at radius 3 is 2.37 bits per heavy atom. The molecule has 27 heavy (non-hydrogen) atoms. The summed E-state index contributed by atoms with van der Waals surface area (Å²) in [6, 6.07) is 9.72. The van der Waals surface area contributed by atoms with Crippen molar-refractivity contribution in [1.29, 1.82) is 0 Å². The highest BCUT2D eigenvalue weighted by molar-refractivity contribution is 6.00. The molecule has 8 heteroatoms. The van der Waals surface area contributed by atoms with E-state index < -0.39 is 11.8 Å². The number of fused-ring (bicyclic) bond motifs is 1. The minimum atomic E-state index is -0.433. The predicted octanol–water partition coefficient (Wildman–Crippen LogP) is 3.67. The molecular formula is C19H21N3O5. The zero-order valence-corrected chi connectivity index (χ0v) is 15.4. The maximum absolute atomic E-state index is 12.3. The first-order chi connectivity index (χ1) is 13.0. The van der Waals surface area contributed by atoms with Gasteiger partial charge in [0.25, 0.3) is 0 Å². The van der Waals surface area contributed by atoms with E-state index in [9.17, 15) is 9.59 Å². The highest BCUT2D eigenvalue weighted by atomic mass is 16.5. The third-order valence-electron chi connectivity index (χ3n) is 4.01. The van der Waals surface area contributed by atoms with Crippen LogP contribution in [0.15, 0.2) is 45.6 Å². The zero-order valence-electron chi connectivity index (χ0n) is 15.4. The van der Waals surface area contributed by atoms with E-state index in [0.29, 0.717) is 40.5 Å². The van der Waals surface area contributed by atoms with E-state index in [2.05, 4.69) is 10.6 Å². The molecule has 0 saturated carbocycles. The van der Waals surface area contributed by atoms with Gasteiger partial charge in [0.2, 0.25) is 0 Å². The van der Waals surface area contributed by atoms with Crippen LogP contribution in [0.25, 0.3) is 11.1 Å². The second kappa shape index (κ2) is 7.86. The van der Waals surface area contributed by atoms with Gasteiger partial charge < -0.3 is 24.5 Å². The number of rotatable bonds is 6. The van der Waals surface area contributed by atoms with Gasteiger partial charge in [-0.3, -0.25) is 4.57 Å². The van der Waals surface area contributed by atoms with Gasteiger partial charge in [0.05, 0.1) is 19.7 Å². The maximum Gasteiger partial charge on any atom is 0.419 e. The first-order valence-electron chi connectivity index (χ1n) is 8.49. The molecule has 0 fully saturated rings. The van der Waals surface area contributed by atoms with Crippen LogP contribution in [0.3, 0.4) is 0 Å². The molecule has 0 aliphatic heterocycles. The van der Waals surface area contributed by atoms with Crippen LogP contribution in [-0.2, 0) is 6.54 Å². The quantitative estimate of drug-likeness (QED) is 0.689. The third-order valence-corrected chi connectivity index (χ3v) is 4.01. The summed E-state index contributed by atoms with van der Waals surface area (Å²) in [5.41, 5.74) is 2.19. The number of anilines is 2. The molecule has 1 heterocycles. The number of hydrogen-bond acceptors (Lipinski definition) is 5. The summed E-state index contributed by atoms with van der Waals surface area (Å²) in [6.45, 7) is 2.57. The number of nitrogens with zero attached hydrogens (tertiary/aromatic N) is 1. The number of oxazole rings is 1. The van der Waals surface area contributed by atoms with Gasteiger partial charge in [0.1, 0.15) is 0 Å². The van der Waals surface area contributed by atoms with Gasteiger partial charge in [-0.15, -0.1) is 0 Å². The van der Waals surface area contributed by atoms with Gasteiger partial charge in [-0.05, 0) is 30.7 Å². The van der Waals surface area contributed by atoms with Crippen LogP contribution < -0.4 is 25.9 Å². The Hall–Kier alpha value is -3.42. The van der Waals surface area contributed by atoms with Crippen molar-refractivity contribution in [2.75, 3.05) is 24.9 Å². The van der Waals surface area contributed by atoms with Crippen molar-refractivity contribution in [2.45, 2.75) is 19.9 Å². The van der Waals surface area contributed by atoms with Crippen molar-refractivity contribution < 1.29 is 18.7 Å². The highest BCUT2D eigenvalue weighted by Crippen LogP contribution is 2.29. The average Bonchev–Trinajstić information content (AvgIpc) is 2.96. The van der Waals surface area contributed by atoms with Gasteiger partial charge in [-0.1, -0.05) is 6.92 Å². The van der Waals surface area contributed by atoms with E-state index >= 15 is 0 Å². The minimum absolute atomic E-state index is 0.404. The standard InChI is InChI=1S/C19H21N3O5/c1-4-9-22-14-7-5-12(10-16(14)27-19(22)24)20-18(23)21-13-6-8-15(25-2)17(11-13)26-3/h5-8,10-11H,4,9H2,1-3H3,(H2,20,21,23). The molecule has 0 saturated heterocycles. The topological polar surface area (TPSA) is 94.7 Å². The number of nitrogens with one attached hydrogen (secondary N) is 2. The Kier molecular flexibility index (Phi) is 5.35. The number of aromatic nitrogens is 1. The number of urea groups is 1. The Bertz CT molecular complexity index is 1020. The van der Waals surface area contributed by atoms with Gasteiger partial charge in [-0.2, -0.15) is 0 Å². The third kappa shape index (κ3) is 3.89. The van der Waals surface area contributed by atoms with Gasteiger partial charge in [0.15, 0.2) is 17.1 Å². The number of carbonyl (C=O) groups excluding carboxylic acids is 1. The predicted molar refractivity (Wildman–Crippen MR) is 103 cm³/mol. The van der Waals surface area contributed by atoms with Crippen molar-refractivity contribution in [3.05, 3.63) is 46.9 Å². The van der Waals surface area contributed by atoms with E-state index in [1.807, 2.05) is 6.92 Å². The maximum atomic E-state index is 12.3. The number of ether oxygens (including phenoxy) is 2. The summed E-state index contributed by atoms with van der Waals surface area (Å²) in [4.78, 5) is 24.1. The van der Waals surface area contributed by atoms with E-state index in [1.54, 1.807) is 48.1 Å². The van der Waals surface area contributed by atoms with Crippen molar-refractivity contribution >= 4 is 28.5 Å². The lowest BCUT2D eigenvalue weighted by atomic mass is 10.2. The molecule has 0 aliphatic rings. The van der Waals surface area contributed by atoms with Crippen molar-refractivity contribution in [3.63, 3.8) is 0 Å². The van der Waals surface area contributed by atoms with Gasteiger partial charge in [-0.25, -0.2) is 9.59 Å². The van der Waals surface area contributed by atoms with Crippen molar-refractivity contribution in [2.24, 2.45) is 0 Å². The molecule has 0 bridgehead atoms. The highest BCUT2D eigenvalue weighted by Gasteiger charge is 2.11. The van der Waals surface area contributed by atoms with Crippen LogP contribution in [0, 0.1) is 0 Å². The molecule has 3 rings (SSSR count). The summed E-state index contributed by atoms with van der Waals surface area (Å²) in [6.07, 6.45) is 0.822. The Morgan fingerprint density at radius 2 is 1.70 bits per heavy atom. The van der Waals surface area contributed by atoms with Crippen LogP contribution >= 0.6 is 0 Å². The molecule has 8 nitrogen and oxygen atoms in total. The van der Waals surface area contributed by atoms with Crippen LogP contribution in [-0.4, -0.2) is 24.8 Å². The van der Waals surface area contributed by atoms with Crippen LogP contribution in [0.4, 0.5) is 16.2 Å². The lowest BCUT2D eigenvalue weighted by molar-refractivity contribution is 0.262. The molecule has 1 aromatic heterocycles. The Labute approximate surface area is 155 Å². The normalized spacial score (nSPS) is 10.6. The number of benzene rings is 2. The largest absolute Gasteiger partial charge is 0.493 e. The molecule has 0 aliphatic carbocycles. The van der Waals surface area contributed by atoms with Crippen molar-refractivity contribution in [1.82, 2.24) is 4.57 Å². The summed E-state index contributed by atoms with van der Waals surface area (Å²) in [7, 11) is 3.06. The fourth-order valence-corrected chi connectivity index (χ4v) is 2.79. The second-order valence-electron chi connectivity index (χ2n) is 5.85. The smallest absolute Gasteiger partial charge is 0.419 e. The molecular weight excluding hydrogens is 350 g/mol. The van der Waals surface area contributed by atoms with Crippen LogP contribution in [0.1, 0.15) is 13.3 Å². The monoisotopic (exact) mass is 371 g/mol. The van der Waals surface area contributed by atoms with Crippen LogP contribution in [0.5, 0.6) is 11.5 Å². The molecule has 2 aromatic carbocycles. The first-order valence-corrected chi connectivity index (χ1v) is 8.49. The fraction of sp³-hybridized carbons (Fsp3) is 0.263. The van der Waals surface area contributed by atoms with E-state index in [0.717, 1.165) is 6.42 Å². The number of carbonyl (C=O) groups is 1. The van der Waals surface area contributed by atoms with Crippen molar-refractivity contribution in [3.8, 4) is 11.5 Å². The zero-order chi connectivity index (χ0) is 19.4. The molecule has 0 spiro atoms. The SMILES string of the molecule is CCCn1c(=O)oc2cc(NC(=O)Nc3ccc(OC)c(OC)c3)ccc21. The number of aryl methyl sites for hydroxylation is 1. The van der Waals surface area contributed by atoms with Gasteiger partial charge in [0, 0.05) is 30.1 Å². The average molecular weight is 371 g/mol. The molecule has 2 N–H and O–H groups in total. The molecule has 0 radical (unpaired) electrons. The molecule has 2 amide bonds. The first kappa shape index (κ1) is 18.4.